The van der Waals surface area contributed by atoms with E-state index in [9.17, 15) is 4.79 Å². The van der Waals surface area contributed by atoms with Crippen molar-refractivity contribution in [3.8, 4) is 11.5 Å². The fraction of sp³-hybridized carbons (Fsp3) is 0.348. The normalized spacial score (nSPS) is 16.4. The van der Waals surface area contributed by atoms with Crippen LogP contribution in [0.4, 0.5) is 11.4 Å². The summed E-state index contributed by atoms with van der Waals surface area (Å²) in [7, 11) is 2.12. The molecule has 2 aliphatic rings. The lowest BCUT2D eigenvalue weighted by atomic mass is 10.1. The molecule has 4 rings (SSSR count). The maximum absolute atomic E-state index is 13.0. The van der Waals surface area contributed by atoms with Crippen LogP contribution in [0.25, 0.3) is 6.08 Å². The summed E-state index contributed by atoms with van der Waals surface area (Å²) in [4.78, 5) is 17.6. The van der Waals surface area contributed by atoms with Crippen LogP contribution in [-0.2, 0) is 4.79 Å². The Morgan fingerprint density at radius 3 is 2.77 bits per heavy atom. The van der Waals surface area contributed by atoms with Crippen LogP contribution in [0.1, 0.15) is 12.5 Å². The highest BCUT2D eigenvalue weighted by molar-refractivity contribution is 6.31. The van der Waals surface area contributed by atoms with Crippen molar-refractivity contribution in [1.29, 1.82) is 0 Å². The number of anilines is 2. The molecule has 1 N–H and O–H groups in total. The Balaban J connectivity index is 1.56. The molecule has 0 radical (unpaired) electrons. The van der Waals surface area contributed by atoms with E-state index in [-0.39, 0.29) is 12.5 Å². The number of likely N-dealkylation sites (N-methyl/N-ethyl adjacent to an activating group) is 1. The minimum absolute atomic E-state index is 0.188. The number of amides is 1. The number of nitrogens with one attached hydrogen (secondary N) is 1. The Bertz CT molecular complexity index is 968. The predicted octanol–water partition coefficient (Wildman–Crippen LogP) is 3.91. The van der Waals surface area contributed by atoms with Crippen molar-refractivity contribution in [1.82, 2.24) is 4.90 Å². The molecule has 0 aromatic heterocycles. The van der Waals surface area contributed by atoms with E-state index in [1.54, 1.807) is 6.07 Å². The van der Waals surface area contributed by atoms with Gasteiger partial charge in [-0.25, -0.2) is 0 Å². The number of halogens is 1. The molecule has 6 nitrogen and oxygen atoms in total. The summed E-state index contributed by atoms with van der Waals surface area (Å²) >= 11 is 6.23. The summed E-state index contributed by atoms with van der Waals surface area (Å²) in [6, 6.07) is 11.3. The molecule has 2 aliphatic heterocycles. The molecule has 158 valence electrons. The highest BCUT2D eigenvalue weighted by Gasteiger charge is 2.23. The molecule has 1 saturated heterocycles. The van der Waals surface area contributed by atoms with Crippen LogP contribution in [0.2, 0.25) is 5.02 Å². The van der Waals surface area contributed by atoms with Gasteiger partial charge in [-0.2, -0.15) is 0 Å². The van der Waals surface area contributed by atoms with Crippen LogP contribution in [0, 0.1) is 0 Å². The van der Waals surface area contributed by atoms with Crippen molar-refractivity contribution in [3.63, 3.8) is 0 Å². The molecular weight excluding hydrogens is 402 g/mol. The minimum Gasteiger partial charge on any atom is -0.490 e. The van der Waals surface area contributed by atoms with E-state index < -0.39 is 0 Å². The van der Waals surface area contributed by atoms with Crippen molar-refractivity contribution in [3.05, 3.63) is 52.6 Å². The van der Waals surface area contributed by atoms with Crippen molar-refractivity contribution in [2.45, 2.75) is 6.92 Å². The fourth-order valence-electron chi connectivity index (χ4n) is 3.71. The van der Waals surface area contributed by atoms with Crippen LogP contribution in [-0.4, -0.2) is 57.2 Å². The molecule has 0 bridgehead atoms. The number of carbonyl (C=O) groups excluding carboxylic acids is 1. The first-order valence-electron chi connectivity index (χ1n) is 10.2. The number of fused-ring (bicyclic) bond motifs is 1. The smallest absolute Gasteiger partial charge is 0.255 e. The second-order valence-electron chi connectivity index (χ2n) is 7.47. The molecule has 2 aromatic rings. The Kier molecular flexibility index (Phi) is 6.16. The number of para-hydroxylation sites is 1. The number of rotatable bonds is 5. The summed E-state index contributed by atoms with van der Waals surface area (Å²) in [5.74, 6) is 1.18. The number of carbonyl (C=O) groups is 1. The Morgan fingerprint density at radius 2 is 2.00 bits per heavy atom. The fourth-order valence-corrected chi connectivity index (χ4v) is 3.89. The van der Waals surface area contributed by atoms with Crippen molar-refractivity contribution in [2.75, 3.05) is 56.7 Å². The minimum atomic E-state index is -0.194. The van der Waals surface area contributed by atoms with E-state index in [1.165, 1.54) is 0 Å². The molecule has 0 atom stereocenters. The monoisotopic (exact) mass is 427 g/mol. The molecule has 2 aromatic carbocycles. The second kappa shape index (κ2) is 8.98. The number of ether oxygens (including phenoxy) is 2. The van der Waals surface area contributed by atoms with Gasteiger partial charge in [0.1, 0.15) is 6.61 Å². The molecule has 0 spiro atoms. The molecule has 7 heteroatoms. The molecule has 0 aliphatic carbocycles. The Morgan fingerprint density at radius 1 is 1.20 bits per heavy atom. The maximum Gasteiger partial charge on any atom is 0.255 e. The molecule has 1 amide bonds. The van der Waals surface area contributed by atoms with E-state index in [0.29, 0.717) is 34.4 Å². The van der Waals surface area contributed by atoms with Crippen LogP contribution < -0.4 is 19.7 Å². The largest absolute Gasteiger partial charge is 0.490 e. The zero-order valence-corrected chi connectivity index (χ0v) is 18.0. The van der Waals surface area contributed by atoms with E-state index in [2.05, 4.69) is 22.2 Å². The molecule has 30 heavy (non-hydrogen) atoms. The number of piperazine rings is 1. The zero-order valence-electron chi connectivity index (χ0n) is 17.3. The average molecular weight is 428 g/mol. The SMILES string of the molecule is CCOc1cccc2c1OCC(C(=O)Nc1cc(Cl)ccc1N1CCN(C)CC1)=C2. The molecule has 0 saturated carbocycles. The van der Waals surface area contributed by atoms with Gasteiger partial charge in [0.25, 0.3) is 5.91 Å². The zero-order chi connectivity index (χ0) is 21.1. The quantitative estimate of drug-likeness (QED) is 0.784. The third-order valence-electron chi connectivity index (χ3n) is 5.35. The molecule has 0 unspecified atom stereocenters. The third kappa shape index (κ3) is 4.40. The highest BCUT2D eigenvalue weighted by atomic mass is 35.5. The van der Waals surface area contributed by atoms with Crippen LogP contribution in [0.3, 0.4) is 0 Å². The summed E-state index contributed by atoms with van der Waals surface area (Å²) in [5, 5.41) is 3.63. The number of hydrogen-bond acceptors (Lipinski definition) is 5. The van der Waals surface area contributed by atoms with Crippen molar-refractivity contribution in [2.24, 2.45) is 0 Å². The number of hydrogen-bond donors (Lipinski definition) is 1. The van der Waals surface area contributed by atoms with Crippen LogP contribution >= 0.6 is 11.6 Å². The van der Waals surface area contributed by atoms with E-state index in [0.717, 1.165) is 37.4 Å². The number of benzene rings is 2. The lowest BCUT2D eigenvalue weighted by molar-refractivity contribution is -0.113. The van der Waals surface area contributed by atoms with Gasteiger partial charge in [0.15, 0.2) is 11.5 Å². The molecule has 1 fully saturated rings. The highest BCUT2D eigenvalue weighted by Crippen LogP contribution is 2.36. The van der Waals surface area contributed by atoms with Crippen molar-refractivity contribution >= 4 is 35.0 Å². The standard InChI is InChI=1S/C23H26ClN3O3/c1-3-29-21-6-4-5-16-13-17(15-30-22(16)21)23(28)25-19-14-18(24)7-8-20(19)27-11-9-26(2)10-12-27/h4-8,13-14H,3,9-12,15H2,1-2H3,(H,25,28). The Labute approximate surface area is 182 Å². The first kappa shape index (κ1) is 20.6. The van der Waals surface area contributed by atoms with E-state index >= 15 is 0 Å². The lowest BCUT2D eigenvalue weighted by Gasteiger charge is -2.35. The lowest BCUT2D eigenvalue weighted by Crippen LogP contribution is -2.44. The van der Waals surface area contributed by atoms with Gasteiger partial charge in [-0.3, -0.25) is 4.79 Å². The maximum atomic E-state index is 13.0. The second-order valence-corrected chi connectivity index (χ2v) is 7.91. The predicted molar refractivity (Wildman–Crippen MR) is 121 cm³/mol. The van der Waals surface area contributed by atoms with Gasteiger partial charge in [-0.05, 0) is 44.3 Å². The first-order valence-corrected chi connectivity index (χ1v) is 10.6. The van der Waals surface area contributed by atoms with Gasteiger partial charge in [-0.15, -0.1) is 0 Å². The van der Waals surface area contributed by atoms with Crippen molar-refractivity contribution < 1.29 is 14.3 Å². The van der Waals surface area contributed by atoms with Crippen LogP contribution in [0.5, 0.6) is 11.5 Å². The van der Waals surface area contributed by atoms with Gasteiger partial charge >= 0.3 is 0 Å². The first-order chi connectivity index (χ1) is 14.5. The Hall–Kier alpha value is -2.70. The third-order valence-corrected chi connectivity index (χ3v) is 5.59. The average Bonchev–Trinajstić information content (AvgIpc) is 2.75. The topological polar surface area (TPSA) is 54.0 Å². The summed E-state index contributed by atoms with van der Waals surface area (Å²) < 4.78 is 11.5. The summed E-state index contributed by atoms with van der Waals surface area (Å²) in [6.45, 7) is 6.44. The summed E-state index contributed by atoms with van der Waals surface area (Å²) in [6.07, 6.45) is 1.86. The summed E-state index contributed by atoms with van der Waals surface area (Å²) in [5.41, 5.74) is 3.09. The van der Waals surface area contributed by atoms with Gasteiger partial charge in [0, 0.05) is 36.8 Å². The van der Waals surface area contributed by atoms with Gasteiger partial charge in [0.05, 0.1) is 23.6 Å². The number of nitrogens with zero attached hydrogens (tertiary/aromatic N) is 2. The molecule has 2 heterocycles. The van der Waals surface area contributed by atoms with Crippen LogP contribution in [0.15, 0.2) is 42.0 Å². The van der Waals surface area contributed by atoms with Gasteiger partial charge in [-0.1, -0.05) is 23.7 Å². The molecular formula is C23H26ClN3O3. The van der Waals surface area contributed by atoms with E-state index in [1.807, 2.05) is 43.3 Å². The van der Waals surface area contributed by atoms with Gasteiger partial charge < -0.3 is 24.6 Å². The van der Waals surface area contributed by atoms with Gasteiger partial charge in [0.2, 0.25) is 0 Å². The van der Waals surface area contributed by atoms with E-state index in [4.69, 9.17) is 21.1 Å².